The molecule has 1 saturated heterocycles. The molecular formula is C21H25N3O2. The molecule has 1 unspecified atom stereocenters. The van der Waals surface area contributed by atoms with Crippen molar-refractivity contribution in [1.29, 1.82) is 0 Å². The first-order valence-corrected chi connectivity index (χ1v) is 9.20. The second-order valence-corrected chi connectivity index (χ2v) is 6.96. The topological polar surface area (TPSA) is 63.2 Å². The van der Waals surface area contributed by atoms with Gasteiger partial charge in [-0.3, -0.25) is 9.59 Å². The van der Waals surface area contributed by atoms with Gasteiger partial charge in [-0.2, -0.15) is 0 Å². The zero-order valence-corrected chi connectivity index (χ0v) is 15.4. The molecule has 0 N–H and O–H groups in total. The van der Waals surface area contributed by atoms with Crippen LogP contribution in [-0.2, 0) is 11.2 Å². The fourth-order valence-electron chi connectivity index (χ4n) is 3.50. The smallest absolute Gasteiger partial charge is 0.257 e. The van der Waals surface area contributed by atoms with Crippen molar-refractivity contribution in [3.63, 3.8) is 0 Å². The summed E-state index contributed by atoms with van der Waals surface area (Å²) in [6.45, 7) is 4.83. The number of amides is 1. The summed E-state index contributed by atoms with van der Waals surface area (Å²) >= 11 is 0. The molecule has 1 fully saturated rings. The molecule has 0 aliphatic carbocycles. The lowest BCUT2D eigenvalue weighted by Crippen LogP contribution is -2.42. The molecule has 1 aliphatic rings. The van der Waals surface area contributed by atoms with Crippen molar-refractivity contribution in [2.45, 2.75) is 39.5 Å². The van der Waals surface area contributed by atoms with E-state index >= 15 is 0 Å². The normalized spacial score (nSPS) is 17.2. The molecule has 1 aromatic heterocycles. The second kappa shape index (κ2) is 8.21. The van der Waals surface area contributed by atoms with Crippen molar-refractivity contribution in [3.05, 3.63) is 59.2 Å². The Morgan fingerprint density at radius 2 is 1.96 bits per heavy atom. The first kappa shape index (κ1) is 18.2. The van der Waals surface area contributed by atoms with Crippen LogP contribution in [0, 0.1) is 19.8 Å². The average molecular weight is 351 g/mol. The highest BCUT2D eigenvalue weighted by Crippen LogP contribution is 2.22. The van der Waals surface area contributed by atoms with Crippen LogP contribution in [0.2, 0.25) is 0 Å². The van der Waals surface area contributed by atoms with Crippen LogP contribution >= 0.6 is 0 Å². The molecule has 1 amide bonds. The third kappa shape index (κ3) is 4.34. The van der Waals surface area contributed by atoms with Crippen LogP contribution in [0.25, 0.3) is 0 Å². The Hall–Kier alpha value is -2.56. The van der Waals surface area contributed by atoms with Crippen molar-refractivity contribution in [2.75, 3.05) is 13.1 Å². The predicted octanol–water partition coefficient (Wildman–Crippen LogP) is 3.15. The summed E-state index contributed by atoms with van der Waals surface area (Å²) < 4.78 is 0. The van der Waals surface area contributed by atoms with Gasteiger partial charge in [0.1, 0.15) is 11.6 Å². The number of hydrogen-bond donors (Lipinski definition) is 0. The maximum atomic E-state index is 12.8. The van der Waals surface area contributed by atoms with Crippen LogP contribution in [0.3, 0.4) is 0 Å². The Kier molecular flexibility index (Phi) is 5.76. The number of likely N-dealkylation sites (tertiary alicyclic amines) is 1. The summed E-state index contributed by atoms with van der Waals surface area (Å²) in [6.07, 6.45) is 4.61. The summed E-state index contributed by atoms with van der Waals surface area (Å²) in [4.78, 5) is 35.7. The van der Waals surface area contributed by atoms with Gasteiger partial charge in [-0.1, -0.05) is 30.3 Å². The van der Waals surface area contributed by atoms with Crippen LogP contribution in [0.5, 0.6) is 0 Å². The van der Waals surface area contributed by atoms with Gasteiger partial charge in [0.05, 0.1) is 11.3 Å². The van der Waals surface area contributed by atoms with Crippen LogP contribution in [0.4, 0.5) is 0 Å². The molecule has 1 aromatic carbocycles. The molecule has 26 heavy (non-hydrogen) atoms. The highest BCUT2D eigenvalue weighted by Gasteiger charge is 2.29. The molecule has 2 heterocycles. The van der Waals surface area contributed by atoms with E-state index in [1.54, 1.807) is 11.1 Å². The third-order valence-electron chi connectivity index (χ3n) is 5.00. The van der Waals surface area contributed by atoms with E-state index < -0.39 is 0 Å². The lowest BCUT2D eigenvalue weighted by atomic mass is 9.90. The molecule has 2 aromatic rings. The molecule has 5 heteroatoms. The zero-order valence-electron chi connectivity index (χ0n) is 15.4. The Morgan fingerprint density at radius 1 is 1.19 bits per heavy atom. The molecule has 1 atom stereocenters. The number of aryl methyl sites for hydroxylation is 3. The number of Topliss-reactive ketones (excluding diaryl/α,β-unsaturated/α-hetero) is 1. The van der Waals surface area contributed by atoms with Gasteiger partial charge < -0.3 is 4.90 Å². The quantitative estimate of drug-likeness (QED) is 0.830. The van der Waals surface area contributed by atoms with Gasteiger partial charge in [0.2, 0.25) is 0 Å². The van der Waals surface area contributed by atoms with Crippen LogP contribution in [0.1, 0.15) is 46.7 Å². The average Bonchev–Trinajstić information content (AvgIpc) is 2.66. The number of aromatic nitrogens is 2. The van der Waals surface area contributed by atoms with Gasteiger partial charge in [0.15, 0.2) is 0 Å². The van der Waals surface area contributed by atoms with E-state index in [1.165, 1.54) is 5.56 Å². The van der Waals surface area contributed by atoms with E-state index in [0.717, 1.165) is 19.3 Å². The molecule has 0 spiro atoms. The predicted molar refractivity (Wildman–Crippen MR) is 99.9 cm³/mol. The largest absolute Gasteiger partial charge is 0.338 e. The Morgan fingerprint density at radius 3 is 2.69 bits per heavy atom. The summed E-state index contributed by atoms with van der Waals surface area (Å²) in [5.74, 6) is 0.779. The van der Waals surface area contributed by atoms with E-state index in [4.69, 9.17) is 0 Å². The van der Waals surface area contributed by atoms with Crippen molar-refractivity contribution in [2.24, 2.45) is 5.92 Å². The van der Waals surface area contributed by atoms with Gasteiger partial charge in [-0.05, 0) is 38.7 Å². The maximum Gasteiger partial charge on any atom is 0.257 e. The standard InChI is InChI=1S/C21H25N3O2/c1-15-19(13-22-16(2)23-15)21(26)24-12-6-9-18(14-24)20(25)11-10-17-7-4-3-5-8-17/h3-5,7-8,13,18H,6,9-12,14H2,1-2H3. The molecule has 1 aliphatic heterocycles. The number of nitrogens with zero attached hydrogens (tertiary/aromatic N) is 3. The Bertz CT molecular complexity index is 789. The Balaban J connectivity index is 1.61. The van der Waals surface area contributed by atoms with Crippen LogP contribution < -0.4 is 0 Å². The van der Waals surface area contributed by atoms with Crippen molar-refractivity contribution < 1.29 is 9.59 Å². The highest BCUT2D eigenvalue weighted by atomic mass is 16.2. The number of carbonyl (C=O) groups excluding carboxylic acids is 2. The van der Waals surface area contributed by atoms with Crippen molar-refractivity contribution in [1.82, 2.24) is 14.9 Å². The second-order valence-electron chi connectivity index (χ2n) is 6.96. The van der Waals surface area contributed by atoms with Gasteiger partial charge in [-0.15, -0.1) is 0 Å². The molecule has 136 valence electrons. The first-order chi connectivity index (χ1) is 12.5. The Labute approximate surface area is 154 Å². The summed E-state index contributed by atoms with van der Waals surface area (Å²) in [7, 11) is 0. The van der Waals surface area contributed by atoms with E-state index in [-0.39, 0.29) is 17.6 Å². The fraction of sp³-hybridized carbons (Fsp3) is 0.429. The summed E-state index contributed by atoms with van der Waals surface area (Å²) in [6, 6.07) is 10.1. The minimum atomic E-state index is -0.0666. The van der Waals surface area contributed by atoms with Crippen LogP contribution in [-0.4, -0.2) is 39.6 Å². The number of rotatable bonds is 5. The first-order valence-electron chi connectivity index (χ1n) is 9.20. The number of piperidine rings is 1. The lowest BCUT2D eigenvalue weighted by Gasteiger charge is -2.32. The minimum absolute atomic E-state index is 0.0666. The maximum absolute atomic E-state index is 12.8. The minimum Gasteiger partial charge on any atom is -0.338 e. The molecule has 0 saturated carbocycles. The van der Waals surface area contributed by atoms with E-state index in [9.17, 15) is 9.59 Å². The van der Waals surface area contributed by atoms with E-state index in [2.05, 4.69) is 9.97 Å². The molecule has 3 rings (SSSR count). The molecule has 0 radical (unpaired) electrons. The fourth-order valence-corrected chi connectivity index (χ4v) is 3.50. The van der Waals surface area contributed by atoms with E-state index in [1.807, 2.05) is 44.2 Å². The van der Waals surface area contributed by atoms with Gasteiger partial charge >= 0.3 is 0 Å². The molecular weight excluding hydrogens is 326 g/mol. The highest BCUT2D eigenvalue weighted by molar-refractivity contribution is 5.95. The third-order valence-corrected chi connectivity index (χ3v) is 5.00. The molecule has 0 bridgehead atoms. The number of hydrogen-bond acceptors (Lipinski definition) is 4. The zero-order chi connectivity index (χ0) is 18.5. The molecule has 5 nitrogen and oxygen atoms in total. The van der Waals surface area contributed by atoms with Crippen LogP contribution in [0.15, 0.2) is 36.5 Å². The SMILES string of the molecule is Cc1ncc(C(=O)N2CCCC(C(=O)CCc3ccccc3)C2)c(C)n1. The summed E-state index contributed by atoms with van der Waals surface area (Å²) in [5, 5.41) is 0. The lowest BCUT2D eigenvalue weighted by molar-refractivity contribution is -0.124. The monoisotopic (exact) mass is 351 g/mol. The van der Waals surface area contributed by atoms with Gasteiger partial charge in [0, 0.05) is 31.6 Å². The van der Waals surface area contributed by atoms with Gasteiger partial charge in [0.25, 0.3) is 5.91 Å². The van der Waals surface area contributed by atoms with Crippen molar-refractivity contribution >= 4 is 11.7 Å². The van der Waals surface area contributed by atoms with Gasteiger partial charge in [-0.25, -0.2) is 9.97 Å². The van der Waals surface area contributed by atoms with Crippen molar-refractivity contribution in [3.8, 4) is 0 Å². The number of ketones is 1. The number of benzene rings is 1. The van der Waals surface area contributed by atoms with E-state index in [0.29, 0.717) is 36.6 Å². The number of carbonyl (C=O) groups is 2. The summed E-state index contributed by atoms with van der Waals surface area (Å²) in [5.41, 5.74) is 2.41.